The normalized spacial score (nSPS) is 10.6. The molecule has 32 heavy (non-hydrogen) atoms. The molecule has 1 N–H and O–H groups in total. The molecular formula is C25H53NO6. The first-order chi connectivity index (χ1) is 15.8. The highest BCUT2D eigenvalue weighted by atomic mass is 16.6. The van der Waals surface area contributed by atoms with Crippen molar-refractivity contribution >= 4 is 5.91 Å². The molecule has 0 spiro atoms. The molecule has 194 valence electrons. The summed E-state index contributed by atoms with van der Waals surface area (Å²) in [5, 5.41) is 2.90. The van der Waals surface area contributed by atoms with Gasteiger partial charge in [0.2, 0.25) is 5.91 Å². The fourth-order valence-corrected chi connectivity index (χ4v) is 2.79. The van der Waals surface area contributed by atoms with Crippen LogP contribution in [0.5, 0.6) is 0 Å². The van der Waals surface area contributed by atoms with E-state index in [0.717, 1.165) is 19.4 Å². The van der Waals surface area contributed by atoms with Crippen molar-refractivity contribution in [1.82, 2.24) is 5.32 Å². The van der Waals surface area contributed by atoms with E-state index in [9.17, 15) is 4.79 Å². The molecule has 0 rings (SSSR count). The fraction of sp³-hybridized carbons (Fsp3) is 0.960. The molecule has 7 heteroatoms. The zero-order chi connectivity index (χ0) is 24.0. The number of hydrogen-bond donors (Lipinski definition) is 1. The van der Waals surface area contributed by atoms with Crippen LogP contribution in [0.15, 0.2) is 0 Å². The number of ether oxygens (including phenoxy) is 5. The van der Waals surface area contributed by atoms with Gasteiger partial charge in [0.25, 0.3) is 0 Å². The van der Waals surface area contributed by atoms with Crippen molar-refractivity contribution in [2.75, 3.05) is 72.6 Å². The summed E-state index contributed by atoms with van der Waals surface area (Å²) < 4.78 is 26.8. The molecular weight excluding hydrogens is 410 g/mol. The molecule has 0 heterocycles. The van der Waals surface area contributed by atoms with Crippen molar-refractivity contribution in [1.29, 1.82) is 0 Å². The molecule has 0 unspecified atom stereocenters. The van der Waals surface area contributed by atoms with Gasteiger partial charge in [0, 0.05) is 19.6 Å². The average molecular weight is 464 g/mol. The van der Waals surface area contributed by atoms with Crippen LogP contribution in [0.2, 0.25) is 0 Å². The van der Waals surface area contributed by atoms with E-state index in [2.05, 4.69) is 12.2 Å². The van der Waals surface area contributed by atoms with Crippen LogP contribution in [0.3, 0.4) is 0 Å². The van der Waals surface area contributed by atoms with Gasteiger partial charge in [-0.15, -0.1) is 0 Å². The van der Waals surface area contributed by atoms with Gasteiger partial charge in [-0.1, -0.05) is 65.7 Å². The Bertz CT molecular complexity index is 344. The lowest BCUT2D eigenvalue weighted by atomic mass is 10.1. The standard InChI is InChI=1S/C23H47NO6.C2H6/c1-3-5-6-7-8-9-10-11-12-23(25)24-13-14-27-17-18-29-21-22-30-20-19-28-16-15-26-4-2;1-2/h3-22H2,1-2H3,(H,24,25);1-2H3. The van der Waals surface area contributed by atoms with E-state index in [4.69, 9.17) is 23.7 Å². The summed E-state index contributed by atoms with van der Waals surface area (Å²) >= 11 is 0. The average Bonchev–Trinajstić information content (AvgIpc) is 2.81. The number of carbonyl (C=O) groups is 1. The van der Waals surface area contributed by atoms with E-state index in [0.29, 0.717) is 72.4 Å². The lowest BCUT2D eigenvalue weighted by molar-refractivity contribution is -0.121. The predicted molar refractivity (Wildman–Crippen MR) is 131 cm³/mol. The largest absolute Gasteiger partial charge is 0.379 e. The number of rotatable bonds is 25. The molecule has 0 aliphatic rings. The smallest absolute Gasteiger partial charge is 0.220 e. The zero-order valence-corrected chi connectivity index (χ0v) is 21.6. The lowest BCUT2D eigenvalue weighted by Gasteiger charge is -2.08. The molecule has 1 amide bonds. The third-order valence-electron chi connectivity index (χ3n) is 4.52. The molecule has 0 aliphatic heterocycles. The van der Waals surface area contributed by atoms with Crippen LogP contribution >= 0.6 is 0 Å². The Morgan fingerprint density at radius 3 is 1.44 bits per heavy atom. The van der Waals surface area contributed by atoms with Gasteiger partial charge in [-0.3, -0.25) is 4.79 Å². The molecule has 0 atom stereocenters. The van der Waals surface area contributed by atoms with Gasteiger partial charge in [-0.2, -0.15) is 0 Å². The molecule has 0 aliphatic carbocycles. The van der Waals surface area contributed by atoms with Gasteiger partial charge in [0.05, 0.1) is 59.5 Å². The molecule has 0 saturated carbocycles. The number of hydrogen-bond acceptors (Lipinski definition) is 6. The third-order valence-corrected chi connectivity index (χ3v) is 4.52. The second-order valence-electron chi connectivity index (χ2n) is 7.22. The minimum absolute atomic E-state index is 0.125. The second-order valence-corrected chi connectivity index (χ2v) is 7.22. The highest BCUT2D eigenvalue weighted by molar-refractivity contribution is 5.75. The van der Waals surface area contributed by atoms with Crippen molar-refractivity contribution in [3.63, 3.8) is 0 Å². The Labute approximate surface area is 198 Å². The third kappa shape index (κ3) is 31.5. The van der Waals surface area contributed by atoms with Crippen LogP contribution < -0.4 is 5.32 Å². The maximum absolute atomic E-state index is 11.7. The monoisotopic (exact) mass is 463 g/mol. The first-order valence-corrected chi connectivity index (χ1v) is 13.0. The molecule has 0 saturated heterocycles. The van der Waals surface area contributed by atoms with Gasteiger partial charge in [0.1, 0.15) is 0 Å². The molecule has 7 nitrogen and oxygen atoms in total. The highest BCUT2D eigenvalue weighted by Gasteiger charge is 2.00. The van der Waals surface area contributed by atoms with Crippen LogP contribution in [0.1, 0.15) is 85.5 Å². The van der Waals surface area contributed by atoms with Crippen molar-refractivity contribution in [3.8, 4) is 0 Å². The van der Waals surface area contributed by atoms with Crippen molar-refractivity contribution in [2.45, 2.75) is 85.5 Å². The van der Waals surface area contributed by atoms with Gasteiger partial charge in [0.15, 0.2) is 0 Å². The number of amides is 1. The van der Waals surface area contributed by atoms with Crippen LogP contribution in [0, 0.1) is 0 Å². The van der Waals surface area contributed by atoms with E-state index >= 15 is 0 Å². The number of nitrogens with one attached hydrogen (secondary N) is 1. The summed E-state index contributed by atoms with van der Waals surface area (Å²) in [7, 11) is 0. The second kappa shape index (κ2) is 32.4. The molecule has 0 aromatic rings. The number of unbranched alkanes of at least 4 members (excludes halogenated alkanes) is 7. The number of carbonyl (C=O) groups excluding carboxylic acids is 1. The fourth-order valence-electron chi connectivity index (χ4n) is 2.79. The van der Waals surface area contributed by atoms with Crippen LogP contribution in [-0.4, -0.2) is 78.5 Å². The first kappa shape index (κ1) is 33.4. The van der Waals surface area contributed by atoms with Crippen LogP contribution in [-0.2, 0) is 28.5 Å². The minimum Gasteiger partial charge on any atom is -0.379 e. The Morgan fingerprint density at radius 1 is 0.562 bits per heavy atom. The predicted octanol–water partition coefficient (Wildman–Crippen LogP) is 4.76. The maximum atomic E-state index is 11.7. The lowest BCUT2D eigenvalue weighted by Crippen LogP contribution is -2.27. The minimum atomic E-state index is 0.125. The molecule has 0 bridgehead atoms. The molecule has 0 fully saturated rings. The van der Waals surface area contributed by atoms with E-state index in [1.165, 1.54) is 38.5 Å². The van der Waals surface area contributed by atoms with Gasteiger partial charge < -0.3 is 29.0 Å². The summed E-state index contributed by atoms with van der Waals surface area (Å²) in [4.78, 5) is 11.7. The summed E-state index contributed by atoms with van der Waals surface area (Å²) in [5.74, 6) is 0.125. The molecule has 0 aromatic carbocycles. The van der Waals surface area contributed by atoms with E-state index in [1.54, 1.807) is 0 Å². The molecule has 0 aromatic heterocycles. The van der Waals surface area contributed by atoms with Crippen molar-refractivity contribution in [3.05, 3.63) is 0 Å². The van der Waals surface area contributed by atoms with Gasteiger partial charge in [-0.25, -0.2) is 0 Å². The Morgan fingerprint density at radius 2 is 0.969 bits per heavy atom. The van der Waals surface area contributed by atoms with Crippen molar-refractivity contribution < 1.29 is 28.5 Å². The van der Waals surface area contributed by atoms with E-state index < -0.39 is 0 Å². The summed E-state index contributed by atoms with van der Waals surface area (Å²) in [6.45, 7) is 14.5. The van der Waals surface area contributed by atoms with Crippen molar-refractivity contribution in [2.24, 2.45) is 0 Å². The first-order valence-electron chi connectivity index (χ1n) is 13.0. The van der Waals surface area contributed by atoms with Gasteiger partial charge >= 0.3 is 0 Å². The highest BCUT2D eigenvalue weighted by Crippen LogP contribution is 2.09. The SMILES string of the molecule is CC.CCCCCCCCCCC(=O)NCCOCCOCCOCCOCCOCC. The van der Waals surface area contributed by atoms with E-state index in [1.807, 2.05) is 20.8 Å². The Hall–Kier alpha value is -0.730. The topological polar surface area (TPSA) is 75.3 Å². The van der Waals surface area contributed by atoms with Crippen LogP contribution in [0.4, 0.5) is 0 Å². The summed E-state index contributed by atoms with van der Waals surface area (Å²) in [6.07, 6.45) is 10.6. The quantitative estimate of drug-likeness (QED) is 0.197. The van der Waals surface area contributed by atoms with E-state index in [-0.39, 0.29) is 5.91 Å². The maximum Gasteiger partial charge on any atom is 0.220 e. The summed E-state index contributed by atoms with van der Waals surface area (Å²) in [5.41, 5.74) is 0. The summed E-state index contributed by atoms with van der Waals surface area (Å²) in [6, 6.07) is 0. The Kier molecular flexibility index (Phi) is 33.9. The zero-order valence-electron chi connectivity index (χ0n) is 21.6. The van der Waals surface area contributed by atoms with Crippen LogP contribution in [0.25, 0.3) is 0 Å². The molecule has 0 radical (unpaired) electrons. The Balaban J connectivity index is 0. The van der Waals surface area contributed by atoms with Gasteiger partial charge in [-0.05, 0) is 13.3 Å².